The fraction of sp³-hybridized carbons (Fsp3) is 0.304. The molecule has 31 heavy (non-hydrogen) atoms. The van der Waals surface area contributed by atoms with Gasteiger partial charge in [0.15, 0.2) is 25.8 Å². The summed E-state index contributed by atoms with van der Waals surface area (Å²) in [5, 5.41) is 5.58. The van der Waals surface area contributed by atoms with Crippen LogP contribution in [0, 0.1) is 0 Å². The summed E-state index contributed by atoms with van der Waals surface area (Å²) in [6.45, 7) is 4.72. The van der Waals surface area contributed by atoms with Crippen LogP contribution >= 0.6 is 0 Å². The molecule has 2 aromatic carbocycles. The van der Waals surface area contributed by atoms with Gasteiger partial charge < -0.3 is 20.1 Å². The molecule has 0 saturated carbocycles. The Labute approximate surface area is 180 Å². The van der Waals surface area contributed by atoms with Gasteiger partial charge in [-0.1, -0.05) is 24.3 Å². The summed E-state index contributed by atoms with van der Waals surface area (Å²) in [6.07, 6.45) is 1.31. The average Bonchev–Trinajstić information content (AvgIpc) is 2.76. The number of hydrogen-bond donors (Lipinski definition) is 2. The van der Waals surface area contributed by atoms with Crippen LogP contribution < -0.4 is 20.1 Å². The van der Waals surface area contributed by atoms with Gasteiger partial charge in [0.1, 0.15) is 11.5 Å². The molecule has 0 saturated heterocycles. The third kappa shape index (κ3) is 6.95. The molecular formula is C23H26N2O6. The summed E-state index contributed by atoms with van der Waals surface area (Å²) in [5.41, 5.74) is -0.0838. The normalized spacial score (nSPS) is 11.7. The predicted molar refractivity (Wildman–Crippen MR) is 114 cm³/mol. The Morgan fingerprint density at radius 3 is 1.81 bits per heavy atom. The standard InChI is InChI=1S/C23H26N2O6/c1-16(24-21(28)14-30-19-10-6-4-8-17(19)12-26)23(2,3)25-22(29)15-31-20-11-7-5-9-18(20)13-27/h4-13,16H,14-15H2,1-3H3,(H,24,28)(H,25,29). The highest BCUT2D eigenvalue weighted by Gasteiger charge is 2.29. The zero-order chi connectivity index (χ0) is 22.9. The molecule has 1 atom stereocenters. The van der Waals surface area contributed by atoms with Crippen molar-refractivity contribution < 1.29 is 28.7 Å². The second kappa shape index (κ2) is 10.9. The van der Waals surface area contributed by atoms with Crippen molar-refractivity contribution in [2.75, 3.05) is 13.2 Å². The second-order valence-electron chi connectivity index (χ2n) is 7.45. The molecule has 2 aromatic rings. The highest BCUT2D eigenvalue weighted by atomic mass is 16.5. The van der Waals surface area contributed by atoms with E-state index in [0.29, 0.717) is 35.2 Å². The topological polar surface area (TPSA) is 111 Å². The number of carbonyl (C=O) groups is 4. The lowest BCUT2D eigenvalue weighted by molar-refractivity contribution is -0.127. The van der Waals surface area contributed by atoms with E-state index in [1.165, 1.54) is 0 Å². The molecule has 0 heterocycles. The first kappa shape index (κ1) is 23.6. The van der Waals surface area contributed by atoms with Crippen molar-refractivity contribution >= 4 is 24.4 Å². The average molecular weight is 426 g/mol. The molecule has 1 unspecified atom stereocenters. The molecule has 0 aliphatic carbocycles. The lowest BCUT2D eigenvalue weighted by Crippen LogP contribution is -2.58. The Morgan fingerprint density at radius 1 is 0.871 bits per heavy atom. The summed E-state index contributed by atoms with van der Waals surface area (Å²) in [7, 11) is 0. The highest BCUT2D eigenvalue weighted by molar-refractivity contribution is 5.82. The van der Waals surface area contributed by atoms with E-state index in [-0.39, 0.29) is 13.2 Å². The maximum Gasteiger partial charge on any atom is 0.258 e. The molecular weight excluding hydrogens is 400 g/mol. The quantitative estimate of drug-likeness (QED) is 0.533. The van der Waals surface area contributed by atoms with Gasteiger partial charge in [-0.05, 0) is 45.0 Å². The first-order chi connectivity index (χ1) is 14.8. The number of para-hydroxylation sites is 2. The van der Waals surface area contributed by atoms with Gasteiger partial charge in [-0.25, -0.2) is 0 Å². The van der Waals surface area contributed by atoms with Gasteiger partial charge in [-0.3, -0.25) is 19.2 Å². The largest absolute Gasteiger partial charge is 0.483 e. The van der Waals surface area contributed by atoms with E-state index < -0.39 is 23.4 Å². The minimum atomic E-state index is -0.791. The first-order valence-corrected chi connectivity index (χ1v) is 9.71. The van der Waals surface area contributed by atoms with E-state index >= 15 is 0 Å². The molecule has 2 amide bonds. The fourth-order valence-corrected chi connectivity index (χ4v) is 2.67. The Kier molecular flexibility index (Phi) is 8.31. The molecule has 2 rings (SSSR count). The SMILES string of the molecule is CC(NC(=O)COc1ccccc1C=O)C(C)(C)NC(=O)COc1ccccc1C=O. The van der Waals surface area contributed by atoms with Gasteiger partial charge in [0, 0.05) is 6.04 Å². The lowest BCUT2D eigenvalue weighted by Gasteiger charge is -2.33. The van der Waals surface area contributed by atoms with E-state index in [0.717, 1.165) is 0 Å². The van der Waals surface area contributed by atoms with E-state index in [4.69, 9.17) is 9.47 Å². The molecule has 0 spiro atoms. The summed E-state index contributed by atoms with van der Waals surface area (Å²) >= 11 is 0. The van der Waals surface area contributed by atoms with Crippen molar-refractivity contribution in [3.05, 3.63) is 59.7 Å². The minimum Gasteiger partial charge on any atom is -0.483 e. The fourth-order valence-electron chi connectivity index (χ4n) is 2.67. The molecule has 164 valence electrons. The molecule has 0 fully saturated rings. The van der Waals surface area contributed by atoms with E-state index in [1.807, 2.05) is 0 Å². The minimum absolute atomic E-state index is 0.273. The van der Waals surface area contributed by atoms with Crippen molar-refractivity contribution in [1.29, 1.82) is 0 Å². The summed E-state index contributed by atoms with van der Waals surface area (Å²) in [5.74, 6) is -0.158. The van der Waals surface area contributed by atoms with Gasteiger partial charge in [0.05, 0.1) is 16.7 Å². The van der Waals surface area contributed by atoms with Crippen molar-refractivity contribution in [3.63, 3.8) is 0 Å². The van der Waals surface area contributed by atoms with Crippen LogP contribution in [0.5, 0.6) is 11.5 Å². The van der Waals surface area contributed by atoms with Crippen LogP contribution in [0.3, 0.4) is 0 Å². The van der Waals surface area contributed by atoms with Gasteiger partial charge in [0.2, 0.25) is 0 Å². The number of ether oxygens (including phenoxy) is 2. The maximum absolute atomic E-state index is 12.3. The number of nitrogens with one attached hydrogen (secondary N) is 2. The summed E-state index contributed by atoms with van der Waals surface area (Å²) in [6, 6.07) is 12.8. The number of hydrogen-bond acceptors (Lipinski definition) is 6. The van der Waals surface area contributed by atoms with Crippen molar-refractivity contribution in [2.45, 2.75) is 32.4 Å². The van der Waals surface area contributed by atoms with Crippen LogP contribution in [0.2, 0.25) is 0 Å². The van der Waals surface area contributed by atoms with E-state index in [9.17, 15) is 19.2 Å². The molecule has 0 aromatic heterocycles. The number of amides is 2. The molecule has 2 N–H and O–H groups in total. The van der Waals surface area contributed by atoms with Crippen LogP contribution in [0.15, 0.2) is 48.5 Å². The van der Waals surface area contributed by atoms with Crippen molar-refractivity contribution in [1.82, 2.24) is 10.6 Å². The second-order valence-corrected chi connectivity index (χ2v) is 7.45. The maximum atomic E-state index is 12.3. The van der Waals surface area contributed by atoms with Gasteiger partial charge in [-0.2, -0.15) is 0 Å². The Morgan fingerprint density at radius 2 is 1.32 bits per heavy atom. The third-order valence-electron chi connectivity index (χ3n) is 4.73. The zero-order valence-corrected chi connectivity index (χ0v) is 17.7. The van der Waals surface area contributed by atoms with E-state index in [1.54, 1.807) is 69.3 Å². The Bertz CT molecular complexity index is 941. The van der Waals surface area contributed by atoms with Gasteiger partial charge in [0.25, 0.3) is 11.8 Å². The van der Waals surface area contributed by atoms with Crippen molar-refractivity contribution in [2.24, 2.45) is 0 Å². The lowest BCUT2D eigenvalue weighted by atomic mass is 9.96. The van der Waals surface area contributed by atoms with E-state index in [2.05, 4.69) is 10.6 Å². The molecule has 0 radical (unpaired) electrons. The van der Waals surface area contributed by atoms with Crippen LogP contribution in [0.1, 0.15) is 41.5 Å². The van der Waals surface area contributed by atoms with Gasteiger partial charge >= 0.3 is 0 Å². The monoisotopic (exact) mass is 426 g/mol. The summed E-state index contributed by atoms with van der Waals surface area (Å²) < 4.78 is 10.8. The number of carbonyl (C=O) groups excluding carboxylic acids is 4. The summed E-state index contributed by atoms with van der Waals surface area (Å²) in [4.78, 5) is 46.6. The number of rotatable bonds is 11. The first-order valence-electron chi connectivity index (χ1n) is 9.71. The van der Waals surface area contributed by atoms with Crippen LogP contribution in [-0.2, 0) is 9.59 Å². The van der Waals surface area contributed by atoms with Crippen LogP contribution in [-0.4, -0.2) is 49.2 Å². The molecule has 8 nitrogen and oxygen atoms in total. The molecule has 8 heteroatoms. The smallest absolute Gasteiger partial charge is 0.258 e. The van der Waals surface area contributed by atoms with Crippen molar-refractivity contribution in [3.8, 4) is 11.5 Å². The number of benzene rings is 2. The van der Waals surface area contributed by atoms with Gasteiger partial charge in [-0.15, -0.1) is 0 Å². The molecule has 0 aliphatic rings. The molecule has 0 aliphatic heterocycles. The third-order valence-corrected chi connectivity index (χ3v) is 4.73. The van der Waals surface area contributed by atoms with Crippen LogP contribution in [0.4, 0.5) is 0 Å². The zero-order valence-electron chi connectivity index (χ0n) is 17.7. The highest BCUT2D eigenvalue weighted by Crippen LogP contribution is 2.17. The Hall–Kier alpha value is -3.68. The predicted octanol–water partition coefficient (Wildman–Crippen LogP) is 2.17. The number of aldehydes is 2. The van der Waals surface area contributed by atoms with Crippen LogP contribution in [0.25, 0.3) is 0 Å². The molecule has 0 bridgehead atoms. The Balaban J connectivity index is 1.84.